The van der Waals surface area contributed by atoms with Gasteiger partial charge in [-0.3, -0.25) is 4.79 Å². The predicted molar refractivity (Wildman–Crippen MR) is 123 cm³/mol. The van der Waals surface area contributed by atoms with Crippen LogP contribution in [-0.2, 0) is 9.53 Å². The summed E-state index contributed by atoms with van der Waals surface area (Å²) >= 11 is 0. The molecule has 4 heteroatoms. The van der Waals surface area contributed by atoms with Gasteiger partial charge < -0.3 is 10.1 Å². The van der Waals surface area contributed by atoms with Crippen molar-refractivity contribution >= 4 is 11.9 Å². The Morgan fingerprint density at radius 2 is 1.34 bits per heavy atom. The standard InChI is InChI=1S/C25H47NO3/c1-7-8-9-10-11-12-13-14-15-16-17-18-19-20-22(27)23(21(2)3)26-24(28)29-25(4,5)6/h19-21,23H,7-18H2,1-6H3,(H,26,28)/b20-19+/t23-/m0/s1. The maximum absolute atomic E-state index is 12.4. The molecule has 1 N–H and O–H groups in total. The van der Waals surface area contributed by atoms with Crippen LogP contribution < -0.4 is 5.32 Å². The predicted octanol–water partition coefficient (Wildman–Crippen LogP) is 7.36. The minimum Gasteiger partial charge on any atom is -0.444 e. The number of carbonyl (C=O) groups excluding carboxylic acids is 2. The summed E-state index contributed by atoms with van der Waals surface area (Å²) in [6, 6.07) is -0.543. The van der Waals surface area contributed by atoms with E-state index < -0.39 is 17.7 Å². The number of carbonyl (C=O) groups is 2. The first kappa shape index (κ1) is 27.7. The van der Waals surface area contributed by atoms with Crippen LogP contribution >= 0.6 is 0 Å². The fourth-order valence-corrected chi connectivity index (χ4v) is 3.23. The Morgan fingerprint density at radius 3 is 1.79 bits per heavy atom. The highest BCUT2D eigenvalue weighted by Gasteiger charge is 2.25. The van der Waals surface area contributed by atoms with Crippen LogP contribution in [0.2, 0.25) is 0 Å². The Bertz CT molecular complexity index is 463. The number of nitrogens with one attached hydrogen (secondary N) is 1. The Hall–Kier alpha value is -1.32. The molecule has 4 nitrogen and oxygen atoms in total. The smallest absolute Gasteiger partial charge is 0.408 e. The van der Waals surface area contributed by atoms with E-state index in [0.29, 0.717) is 0 Å². The van der Waals surface area contributed by atoms with Crippen molar-refractivity contribution < 1.29 is 14.3 Å². The average Bonchev–Trinajstić information content (AvgIpc) is 2.61. The van der Waals surface area contributed by atoms with E-state index in [1.807, 2.05) is 40.7 Å². The number of ether oxygens (including phenoxy) is 1. The van der Waals surface area contributed by atoms with Gasteiger partial charge in [0, 0.05) is 0 Å². The summed E-state index contributed by atoms with van der Waals surface area (Å²) in [7, 11) is 0. The summed E-state index contributed by atoms with van der Waals surface area (Å²) in [6.45, 7) is 11.6. The molecule has 1 atom stereocenters. The highest BCUT2D eigenvalue weighted by Crippen LogP contribution is 2.13. The van der Waals surface area contributed by atoms with Crippen LogP contribution in [0.25, 0.3) is 0 Å². The van der Waals surface area contributed by atoms with E-state index in [1.165, 1.54) is 64.2 Å². The Morgan fingerprint density at radius 1 is 0.862 bits per heavy atom. The van der Waals surface area contributed by atoms with E-state index in [0.717, 1.165) is 12.8 Å². The van der Waals surface area contributed by atoms with E-state index >= 15 is 0 Å². The molecule has 0 saturated heterocycles. The van der Waals surface area contributed by atoms with Crippen LogP contribution in [0.5, 0.6) is 0 Å². The molecule has 1 amide bonds. The zero-order valence-corrected chi connectivity index (χ0v) is 20.0. The maximum Gasteiger partial charge on any atom is 0.408 e. The topological polar surface area (TPSA) is 55.4 Å². The van der Waals surface area contributed by atoms with E-state index in [-0.39, 0.29) is 11.7 Å². The first-order valence-electron chi connectivity index (χ1n) is 11.9. The molecule has 0 aliphatic rings. The first-order valence-corrected chi connectivity index (χ1v) is 11.9. The van der Waals surface area contributed by atoms with Crippen molar-refractivity contribution in [2.75, 3.05) is 0 Å². The van der Waals surface area contributed by atoms with Crippen molar-refractivity contribution in [2.24, 2.45) is 5.92 Å². The van der Waals surface area contributed by atoms with Gasteiger partial charge in [0.05, 0.1) is 6.04 Å². The fourth-order valence-electron chi connectivity index (χ4n) is 3.23. The van der Waals surface area contributed by atoms with E-state index in [1.54, 1.807) is 6.08 Å². The van der Waals surface area contributed by atoms with Crippen LogP contribution in [0.3, 0.4) is 0 Å². The molecular weight excluding hydrogens is 362 g/mol. The summed E-state index contributed by atoms with van der Waals surface area (Å²) in [4.78, 5) is 24.4. The normalized spacial score (nSPS) is 13.1. The number of ketones is 1. The molecule has 0 bridgehead atoms. The monoisotopic (exact) mass is 409 g/mol. The number of hydrogen-bond donors (Lipinski definition) is 1. The molecule has 0 aliphatic heterocycles. The third kappa shape index (κ3) is 17.3. The van der Waals surface area contributed by atoms with Crippen LogP contribution in [0, 0.1) is 5.92 Å². The molecule has 0 unspecified atom stereocenters. The fraction of sp³-hybridized carbons (Fsp3) is 0.840. The van der Waals surface area contributed by atoms with Crippen molar-refractivity contribution in [3.05, 3.63) is 12.2 Å². The second-order valence-corrected chi connectivity index (χ2v) is 9.50. The van der Waals surface area contributed by atoms with Gasteiger partial charge in [0.25, 0.3) is 0 Å². The molecular formula is C25H47NO3. The number of alkyl carbamates (subject to hydrolysis) is 1. The van der Waals surface area contributed by atoms with Crippen molar-refractivity contribution in [3.63, 3.8) is 0 Å². The van der Waals surface area contributed by atoms with Gasteiger partial charge in [-0.1, -0.05) is 91.1 Å². The van der Waals surface area contributed by atoms with Gasteiger partial charge in [-0.05, 0) is 45.6 Å². The highest BCUT2D eigenvalue weighted by molar-refractivity contribution is 5.96. The molecule has 0 saturated carbocycles. The lowest BCUT2D eigenvalue weighted by atomic mass is 9.99. The van der Waals surface area contributed by atoms with Crippen LogP contribution in [0.4, 0.5) is 4.79 Å². The third-order valence-electron chi connectivity index (χ3n) is 4.90. The number of hydrogen-bond acceptors (Lipinski definition) is 3. The van der Waals surface area contributed by atoms with E-state index in [9.17, 15) is 9.59 Å². The molecule has 0 aromatic carbocycles. The summed E-state index contributed by atoms with van der Waals surface area (Å²) in [5.74, 6) is -0.0458. The van der Waals surface area contributed by atoms with Gasteiger partial charge in [0.2, 0.25) is 0 Å². The van der Waals surface area contributed by atoms with E-state index in [4.69, 9.17) is 4.74 Å². The van der Waals surface area contributed by atoms with Gasteiger partial charge in [-0.25, -0.2) is 4.79 Å². The SMILES string of the molecule is CCCCCCCCCCCCC/C=C/C(=O)[C@@H](NC(=O)OC(C)(C)C)C(C)C. The lowest BCUT2D eigenvalue weighted by Gasteiger charge is -2.24. The zero-order chi connectivity index (χ0) is 22.1. The van der Waals surface area contributed by atoms with Crippen molar-refractivity contribution in [1.82, 2.24) is 5.32 Å². The second kappa shape index (κ2) is 16.5. The molecule has 0 heterocycles. The summed E-state index contributed by atoms with van der Waals surface area (Å²) < 4.78 is 5.26. The molecule has 0 aliphatic carbocycles. The first-order chi connectivity index (χ1) is 13.7. The molecule has 0 aromatic heterocycles. The maximum atomic E-state index is 12.4. The third-order valence-corrected chi connectivity index (χ3v) is 4.90. The van der Waals surface area contributed by atoms with Crippen molar-refractivity contribution in [3.8, 4) is 0 Å². The molecule has 0 aromatic rings. The number of rotatable bonds is 16. The van der Waals surface area contributed by atoms with Crippen LogP contribution in [0.1, 0.15) is 119 Å². The Labute approximate surface area is 180 Å². The average molecular weight is 410 g/mol. The van der Waals surface area contributed by atoms with Crippen LogP contribution in [-0.4, -0.2) is 23.5 Å². The molecule has 0 radical (unpaired) electrons. The van der Waals surface area contributed by atoms with Gasteiger partial charge in [0.1, 0.15) is 5.60 Å². The summed E-state index contributed by atoms with van der Waals surface area (Å²) in [5, 5.41) is 2.71. The Balaban J connectivity index is 3.92. The summed E-state index contributed by atoms with van der Waals surface area (Å²) in [6.07, 6.45) is 18.5. The van der Waals surface area contributed by atoms with Crippen LogP contribution in [0.15, 0.2) is 12.2 Å². The largest absolute Gasteiger partial charge is 0.444 e. The molecule has 170 valence electrons. The summed E-state index contributed by atoms with van der Waals surface area (Å²) in [5.41, 5.74) is -0.570. The lowest BCUT2D eigenvalue weighted by Crippen LogP contribution is -2.45. The quantitative estimate of drug-likeness (QED) is 0.214. The van der Waals surface area contributed by atoms with Gasteiger partial charge in [-0.2, -0.15) is 0 Å². The van der Waals surface area contributed by atoms with Crippen molar-refractivity contribution in [1.29, 1.82) is 0 Å². The highest BCUT2D eigenvalue weighted by atomic mass is 16.6. The molecule has 0 rings (SSSR count). The number of amides is 1. The molecule has 0 fully saturated rings. The Kier molecular flexibility index (Phi) is 15.7. The number of allylic oxidation sites excluding steroid dienone is 1. The van der Waals surface area contributed by atoms with Gasteiger partial charge in [-0.15, -0.1) is 0 Å². The van der Waals surface area contributed by atoms with Gasteiger partial charge in [0.15, 0.2) is 5.78 Å². The van der Waals surface area contributed by atoms with E-state index in [2.05, 4.69) is 12.2 Å². The molecule has 0 spiro atoms. The molecule has 29 heavy (non-hydrogen) atoms. The number of unbranched alkanes of at least 4 members (excludes halogenated alkanes) is 11. The minimum absolute atomic E-state index is 0.0154. The lowest BCUT2D eigenvalue weighted by molar-refractivity contribution is -0.117. The zero-order valence-electron chi connectivity index (χ0n) is 20.0. The second-order valence-electron chi connectivity index (χ2n) is 9.50. The van der Waals surface area contributed by atoms with Crippen molar-refractivity contribution in [2.45, 2.75) is 130 Å². The minimum atomic E-state index is -0.570. The van der Waals surface area contributed by atoms with Gasteiger partial charge >= 0.3 is 6.09 Å².